The number of nitrogens with zero attached hydrogens (tertiary/aromatic N) is 2. The van der Waals surface area contributed by atoms with Crippen molar-refractivity contribution in [2.75, 3.05) is 0 Å². The molecule has 0 bridgehead atoms. The van der Waals surface area contributed by atoms with E-state index < -0.39 is 0 Å². The lowest BCUT2D eigenvalue weighted by atomic mass is 9.99. The van der Waals surface area contributed by atoms with E-state index >= 15 is 0 Å². The molecule has 4 heteroatoms. The van der Waals surface area contributed by atoms with Crippen LogP contribution in [0.2, 0.25) is 0 Å². The zero-order chi connectivity index (χ0) is 19.0. The van der Waals surface area contributed by atoms with Gasteiger partial charge in [-0.2, -0.15) is 5.10 Å². The largest absolute Gasteiger partial charge is 0.347 e. The van der Waals surface area contributed by atoms with Crippen molar-refractivity contribution >= 4 is 33.8 Å². The summed E-state index contributed by atoms with van der Waals surface area (Å²) in [5.41, 5.74) is 7.57. The average Bonchev–Trinajstić information content (AvgIpc) is 2.93. The molecule has 134 valence electrons. The van der Waals surface area contributed by atoms with E-state index in [-0.39, 0.29) is 5.91 Å². The number of hydrogen-bond donors (Lipinski definition) is 1. The third kappa shape index (κ3) is 2.89. The highest BCUT2D eigenvalue weighted by Gasteiger charge is 2.13. The van der Waals surface area contributed by atoms with Gasteiger partial charge < -0.3 is 4.57 Å². The van der Waals surface area contributed by atoms with E-state index in [9.17, 15) is 4.79 Å². The maximum Gasteiger partial charge on any atom is 0.272 e. The van der Waals surface area contributed by atoms with Gasteiger partial charge >= 0.3 is 0 Å². The van der Waals surface area contributed by atoms with Gasteiger partial charge in [0.1, 0.15) is 0 Å². The van der Waals surface area contributed by atoms with Crippen molar-refractivity contribution in [3.8, 4) is 0 Å². The van der Waals surface area contributed by atoms with Gasteiger partial charge in [0.2, 0.25) is 0 Å². The third-order valence-electron chi connectivity index (χ3n) is 5.17. The Morgan fingerprint density at radius 2 is 1.67 bits per heavy atom. The van der Waals surface area contributed by atoms with E-state index in [2.05, 4.69) is 34.2 Å². The second-order valence-corrected chi connectivity index (χ2v) is 6.75. The standard InChI is InChI=1S/C23H21N3O/c1-15-12-13-17-8-4-5-9-18(17)22(15)23(27)25-24-14-20-16(2)26(3)21-11-7-6-10-19(20)21/h4-14H,1-3H3,(H,25,27)/b24-14-. The molecule has 0 aliphatic rings. The zero-order valence-corrected chi connectivity index (χ0v) is 15.7. The molecular weight excluding hydrogens is 334 g/mol. The van der Waals surface area contributed by atoms with Crippen molar-refractivity contribution in [3.05, 3.63) is 83.0 Å². The molecule has 1 aromatic heterocycles. The minimum absolute atomic E-state index is 0.196. The topological polar surface area (TPSA) is 46.4 Å². The first-order valence-electron chi connectivity index (χ1n) is 8.93. The van der Waals surface area contributed by atoms with Gasteiger partial charge in [0.15, 0.2) is 0 Å². The molecule has 4 nitrogen and oxygen atoms in total. The summed E-state index contributed by atoms with van der Waals surface area (Å²) in [6, 6.07) is 20.1. The minimum atomic E-state index is -0.196. The fourth-order valence-corrected chi connectivity index (χ4v) is 3.61. The molecule has 0 atom stereocenters. The second-order valence-electron chi connectivity index (χ2n) is 6.75. The van der Waals surface area contributed by atoms with Gasteiger partial charge in [0.25, 0.3) is 5.91 Å². The first kappa shape index (κ1) is 17.0. The van der Waals surface area contributed by atoms with Gasteiger partial charge in [-0.05, 0) is 36.2 Å². The van der Waals surface area contributed by atoms with Crippen molar-refractivity contribution in [3.63, 3.8) is 0 Å². The van der Waals surface area contributed by atoms with Crippen LogP contribution >= 0.6 is 0 Å². The van der Waals surface area contributed by atoms with Crippen LogP contribution in [0.5, 0.6) is 0 Å². The predicted molar refractivity (Wildman–Crippen MR) is 111 cm³/mol. The summed E-state index contributed by atoms with van der Waals surface area (Å²) in [6.45, 7) is 4.00. The molecule has 0 saturated heterocycles. The molecule has 0 aliphatic carbocycles. The van der Waals surface area contributed by atoms with E-state index in [0.29, 0.717) is 5.56 Å². The highest BCUT2D eigenvalue weighted by molar-refractivity contribution is 6.09. The van der Waals surface area contributed by atoms with Crippen LogP contribution in [-0.2, 0) is 7.05 Å². The van der Waals surface area contributed by atoms with Gasteiger partial charge in [-0.25, -0.2) is 5.43 Å². The predicted octanol–water partition coefficient (Wildman–Crippen LogP) is 4.71. The summed E-state index contributed by atoms with van der Waals surface area (Å²) >= 11 is 0. The molecule has 1 amide bonds. The van der Waals surface area contributed by atoms with Crippen LogP contribution < -0.4 is 5.43 Å². The number of nitrogens with one attached hydrogen (secondary N) is 1. The van der Waals surface area contributed by atoms with Crippen molar-refractivity contribution in [2.24, 2.45) is 12.1 Å². The van der Waals surface area contributed by atoms with Crippen LogP contribution in [0.3, 0.4) is 0 Å². The van der Waals surface area contributed by atoms with E-state index in [1.165, 1.54) is 0 Å². The molecule has 0 fully saturated rings. The number of aromatic nitrogens is 1. The first-order chi connectivity index (χ1) is 13.1. The molecule has 0 saturated carbocycles. The summed E-state index contributed by atoms with van der Waals surface area (Å²) in [5.74, 6) is -0.196. The van der Waals surface area contributed by atoms with E-state index in [4.69, 9.17) is 0 Å². The number of rotatable bonds is 3. The maximum absolute atomic E-state index is 12.8. The number of fused-ring (bicyclic) bond motifs is 2. The van der Waals surface area contributed by atoms with E-state index in [0.717, 1.165) is 38.5 Å². The van der Waals surface area contributed by atoms with Gasteiger partial charge in [-0.15, -0.1) is 0 Å². The number of carbonyl (C=O) groups is 1. The van der Waals surface area contributed by atoms with Gasteiger partial charge in [-0.1, -0.05) is 54.6 Å². The Morgan fingerprint density at radius 3 is 2.48 bits per heavy atom. The lowest BCUT2D eigenvalue weighted by Gasteiger charge is -2.08. The molecule has 0 aliphatic heterocycles. The summed E-state index contributed by atoms with van der Waals surface area (Å²) in [7, 11) is 2.03. The Bertz CT molecular complexity index is 1200. The number of benzene rings is 3. The van der Waals surface area contributed by atoms with Crippen molar-refractivity contribution in [2.45, 2.75) is 13.8 Å². The third-order valence-corrected chi connectivity index (χ3v) is 5.17. The summed E-state index contributed by atoms with van der Waals surface area (Å²) < 4.78 is 2.13. The van der Waals surface area contributed by atoms with Gasteiger partial charge in [0, 0.05) is 29.2 Å². The molecule has 0 spiro atoms. The van der Waals surface area contributed by atoms with Crippen LogP contribution in [0.15, 0.2) is 65.8 Å². The summed E-state index contributed by atoms with van der Waals surface area (Å²) in [5, 5.41) is 7.35. The Morgan fingerprint density at radius 1 is 0.963 bits per heavy atom. The van der Waals surface area contributed by atoms with Gasteiger partial charge in [-0.3, -0.25) is 4.79 Å². The Labute approximate surface area is 158 Å². The van der Waals surface area contributed by atoms with Crippen LogP contribution in [0.4, 0.5) is 0 Å². The molecule has 3 aromatic carbocycles. The number of carbonyl (C=O) groups excluding carboxylic acids is 1. The first-order valence-corrected chi connectivity index (χ1v) is 8.93. The molecule has 27 heavy (non-hydrogen) atoms. The molecule has 1 heterocycles. The SMILES string of the molecule is Cc1ccc2ccccc2c1C(=O)N/N=C\c1c(C)n(C)c2ccccc12. The maximum atomic E-state index is 12.8. The van der Waals surface area contributed by atoms with Crippen LogP contribution in [0.1, 0.15) is 27.2 Å². The number of hydrogen-bond acceptors (Lipinski definition) is 2. The average molecular weight is 355 g/mol. The highest BCUT2D eigenvalue weighted by atomic mass is 16.2. The summed E-state index contributed by atoms with van der Waals surface area (Å²) in [6.07, 6.45) is 1.73. The molecule has 0 radical (unpaired) electrons. The highest BCUT2D eigenvalue weighted by Crippen LogP contribution is 2.24. The fourth-order valence-electron chi connectivity index (χ4n) is 3.61. The van der Waals surface area contributed by atoms with Crippen molar-refractivity contribution in [1.82, 2.24) is 9.99 Å². The molecule has 4 rings (SSSR count). The number of aryl methyl sites for hydroxylation is 2. The lowest BCUT2D eigenvalue weighted by Crippen LogP contribution is -2.19. The van der Waals surface area contributed by atoms with Gasteiger partial charge in [0.05, 0.1) is 11.8 Å². The lowest BCUT2D eigenvalue weighted by molar-refractivity contribution is 0.0956. The fraction of sp³-hybridized carbons (Fsp3) is 0.130. The van der Waals surface area contributed by atoms with Crippen molar-refractivity contribution < 1.29 is 4.79 Å². The Kier molecular flexibility index (Phi) is 4.24. The number of para-hydroxylation sites is 1. The Balaban J connectivity index is 1.66. The molecular formula is C23H21N3O. The molecule has 0 unspecified atom stereocenters. The van der Waals surface area contributed by atoms with Crippen LogP contribution in [0.25, 0.3) is 21.7 Å². The quantitative estimate of drug-likeness (QED) is 0.420. The second kappa shape index (κ2) is 6.72. The van der Waals surface area contributed by atoms with Crippen LogP contribution in [0, 0.1) is 13.8 Å². The smallest absolute Gasteiger partial charge is 0.272 e. The molecule has 1 N–H and O–H groups in total. The monoisotopic (exact) mass is 355 g/mol. The number of hydrazone groups is 1. The summed E-state index contributed by atoms with van der Waals surface area (Å²) in [4.78, 5) is 12.8. The zero-order valence-electron chi connectivity index (χ0n) is 15.7. The minimum Gasteiger partial charge on any atom is -0.347 e. The normalized spacial score (nSPS) is 11.5. The van der Waals surface area contributed by atoms with Crippen molar-refractivity contribution in [1.29, 1.82) is 0 Å². The number of amides is 1. The van der Waals surface area contributed by atoms with Crippen LogP contribution in [-0.4, -0.2) is 16.7 Å². The van der Waals surface area contributed by atoms with E-state index in [1.54, 1.807) is 6.21 Å². The Hall–Kier alpha value is -3.40. The molecule has 4 aromatic rings. The van der Waals surface area contributed by atoms with E-state index in [1.807, 2.05) is 62.5 Å².